The van der Waals surface area contributed by atoms with E-state index in [-0.39, 0.29) is 5.82 Å². The molecule has 0 spiro atoms. The molecule has 0 aliphatic rings. The monoisotopic (exact) mass is 318 g/mol. The number of nitrogens with one attached hydrogen (secondary N) is 1. The molecule has 0 atom stereocenters. The van der Waals surface area contributed by atoms with Gasteiger partial charge in [-0.05, 0) is 24.5 Å². The lowest BCUT2D eigenvalue weighted by atomic mass is 10.1. The molecule has 0 saturated carbocycles. The van der Waals surface area contributed by atoms with E-state index < -0.39 is 5.82 Å². The highest BCUT2D eigenvalue weighted by Crippen LogP contribution is 2.19. The predicted molar refractivity (Wildman–Crippen MR) is 90.7 cm³/mol. The molecule has 1 aromatic heterocycles. The summed E-state index contributed by atoms with van der Waals surface area (Å²) in [4.78, 5) is 9.76. The number of ether oxygens (including phenoxy) is 1. The maximum Gasteiger partial charge on any atom is 0.224 e. The standard InChI is InChI=1S/C17H23FN4O/c1-4-11-23-15-8-6-5-7-13(15)9-10-19-17-20-12-14(18)16(21-17)22(2)3/h5-8,12H,4,9-11H2,1-3H3,(H,19,20,21). The zero-order valence-corrected chi connectivity index (χ0v) is 13.8. The van der Waals surface area contributed by atoms with Crippen molar-refractivity contribution in [3.63, 3.8) is 0 Å². The molecule has 1 N–H and O–H groups in total. The fourth-order valence-corrected chi connectivity index (χ4v) is 2.13. The zero-order valence-electron chi connectivity index (χ0n) is 13.8. The first-order valence-corrected chi connectivity index (χ1v) is 7.76. The largest absolute Gasteiger partial charge is 0.493 e. The van der Waals surface area contributed by atoms with Crippen LogP contribution in [-0.4, -0.2) is 37.2 Å². The number of aromatic nitrogens is 2. The molecule has 1 aromatic carbocycles. The molecule has 23 heavy (non-hydrogen) atoms. The summed E-state index contributed by atoms with van der Waals surface area (Å²) in [5.74, 6) is 1.17. The topological polar surface area (TPSA) is 50.3 Å². The third kappa shape index (κ3) is 4.81. The van der Waals surface area contributed by atoms with E-state index in [2.05, 4.69) is 22.2 Å². The van der Waals surface area contributed by atoms with Gasteiger partial charge in [0.25, 0.3) is 0 Å². The number of benzene rings is 1. The second-order valence-corrected chi connectivity index (χ2v) is 5.39. The summed E-state index contributed by atoms with van der Waals surface area (Å²) in [6, 6.07) is 7.98. The number of para-hydroxylation sites is 1. The molecule has 2 aromatic rings. The van der Waals surface area contributed by atoms with Crippen molar-refractivity contribution < 1.29 is 9.13 Å². The molecule has 2 rings (SSSR count). The first-order chi connectivity index (χ1) is 11.1. The van der Waals surface area contributed by atoms with Crippen molar-refractivity contribution in [1.29, 1.82) is 0 Å². The third-order valence-corrected chi connectivity index (χ3v) is 3.26. The molecule has 0 saturated heterocycles. The molecule has 6 heteroatoms. The van der Waals surface area contributed by atoms with Crippen LogP contribution in [0.4, 0.5) is 16.2 Å². The van der Waals surface area contributed by atoms with Crippen molar-refractivity contribution in [2.75, 3.05) is 37.5 Å². The summed E-state index contributed by atoms with van der Waals surface area (Å²) in [5, 5.41) is 3.13. The smallest absolute Gasteiger partial charge is 0.224 e. The van der Waals surface area contributed by atoms with E-state index in [1.165, 1.54) is 6.20 Å². The van der Waals surface area contributed by atoms with Gasteiger partial charge in [-0.1, -0.05) is 25.1 Å². The lowest BCUT2D eigenvalue weighted by Gasteiger charge is -2.14. The minimum absolute atomic E-state index is 0.272. The van der Waals surface area contributed by atoms with E-state index in [4.69, 9.17) is 4.74 Å². The van der Waals surface area contributed by atoms with Gasteiger partial charge in [-0.15, -0.1) is 0 Å². The molecule has 0 amide bonds. The van der Waals surface area contributed by atoms with Crippen molar-refractivity contribution in [3.8, 4) is 5.75 Å². The van der Waals surface area contributed by atoms with Crippen molar-refractivity contribution in [2.45, 2.75) is 19.8 Å². The summed E-state index contributed by atoms with van der Waals surface area (Å²) in [6.07, 6.45) is 2.93. The molecule has 0 radical (unpaired) electrons. The molecule has 1 heterocycles. The van der Waals surface area contributed by atoms with Crippen molar-refractivity contribution in [1.82, 2.24) is 9.97 Å². The van der Waals surface area contributed by atoms with Crippen LogP contribution in [0.15, 0.2) is 30.5 Å². The number of rotatable bonds is 8. The van der Waals surface area contributed by atoms with E-state index in [9.17, 15) is 4.39 Å². The van der Waals surface area contributed by atoms with Crippen LogP contribution < -0.4 is 15.0 Å². The second kappa shape index (κ2) is 8.31. The van der Waals surface area contributed by atoms with Gasteiger partial charge in [0.1, 0.15) is 5.75 Å². The van der Waals surface area contributed by atoms with Crippen LogP contribution in [0.1, 0.15) is 18.9 Å². The average molecular weight is 318 g/mol. The fourth-order valence-electron chi connectivity index (χ4n) is 2.13. The Morgan fingerprint density at radius 2 is 2.04 bits per heavy atom. The predicted octanol–water partition coefficient (Wildman–Crippen LogP) is 3.13. The molecule has 0 aliphatic carbocycles. The van der Waals surface area contributed by atoms with Gasteiger partial charge in [0.15, 0.2) is 11.6 Å². The van der Waals surface area contributed by atoms with Gasteiger partial charge in [0.05, 0.1) is 12.8 Å². The molecule has 0 unspecified atom stereocenters. The Bertz CT molecular complexity index is 634. The summed E-state index contributed by atoms with van der Waals surface area (Å²) in [5.41, 5.74) is 1.13. The van der Waals surface area contributed by atoms with Gasteiger partial charge in [-0.3, -0.25) is 0 Å². The number of hydrogen-bond donors (Lipinski definition) is 1. The fraction of sp³-hybridized carbons (Fsp3) is 0.412. The molecule has 0 aliphatic heterocycles. The van der Waals surface area contributed by atoms with E-state index in [0.29, 0.717) is 19.1 Å². The maximum absolute atomic E-state index is 13.6. The maximum atomic E-state index is 13.6. The van der Waals surface area contributed by atoms with Gasteiger partial charge < -0.3 is 15.0 Å². The number of halogens is 1. The first kappa shape index (κ1) is 17.0. The lowest BCUT2D eigenvalue weighted by molar-refractivity contribution is 0.314. The highest BCUT2D eigenvalue weighted by atomic mass is 19.1. The Balaban J connectivity index is 1.96. The zero-order chi connectivity index (χ0) is 16.7. The Hall–Kier alpha value is -2.37. The van der Waals surface area contributed by atoms with Gasteiger partial charge in [-0.25, -0.2) is 9.37 Å². The summed E-state index contributed by atoms with van der Waals surface area (Å²) < 4.78 is 19.3. The van der Waals surface area contributed by atoms with Crippen LogP contribution in [0.5, 0.6) is 5.75 Å². The van der Waals surface area contributed by atoms with Crippen LogP contribution in [0.25, 0.3) is 0 Å². The summed E-state index contributed by atoms with van der Waals surface area (Å²) in [7, 11) is 3.49. The summed E-state index contributed by atoms with van der Waals surface area (Å²) >= 11 is 0. The van der Waals surface area contributed by atoms with E-state index >= 15 is 0 Å². The van der Waals surface area contributed by atoms with Crippen LogP contribution in [0, 0.1) is 5.82 Å². The van der Waals surface area contributed by atoms with E-state index in [1.807, 2.05) is 24.3 Å². The van der Waals surface area contributed by atoms with Gasteiger partial charge in [0, 0.05) is 20.6 Å². The van der Waals surface area contributed by atoms with Crippen molar-refractivity contribution in [2.24, 2.45) is 0 Å². The van der Waals surface area contributed by atoms with Crippen molar-refractivity contribution in [3.05, 3.63) is 41.8 Å². The van der Waals surface area contributed by atoms with E-state index in [1.54, 1.807) is 19.0 Å². The number of nitrogens with zero attached hydrogens (tertiary/aromatic N) is 3. The first-order valence-electron chi connectivity index (χ1n) is 7.76. The SMILES string of the molecule is CCCOc1ccccc1CCNc1ncc(F)c(N(C)C)n1. The second-order valence-electron chi connectivity index (χ2n) is 5.39. The molecule has 0 fully saturated rings. The molecule has 5 nitrogen and oxygen atoms in total. The van der Waals surface area contributed by atoms with Gasteiger partial charge in [-0.2, -0.15) is 4.98 Å². The number of hydrogen-bond acceptors (Lipinski definition) is 5. The van der Waals surface area contributed by atoms with Crippen LogP contribution >= 0.6 is 0 Å². The third-order valence-electron chi connectivity index (χ3n) is 3.26. The van der Waals surface area contributed by atoms with Gasteiger partial charge in [0.2, 0.25) is 5.95 Å². The average Bonchev–Trinajstić information content (AvgIpc) is 2.55. The Morgan fingerprint density at radius 1 is 1.26 bits per heavy atom. The minimum atomic E-state index is -0.432. The molecule has 124 valence electrons. The Kier molecular flexibility index (Phi) is 6.14. The van der Waals surface area contributed by atoms with Crippen LogP contribution in [0.2, 0.25) is 0 Å². The highest BCUT2D eigenvalue weighted by Gasteiger charge is 2.09. The lowest BCUT2D eigenvalue weighted by Crippen LogP contribution is -2.16. The molecular weight excluding hydrogens is 295 g/mol. The Labute approximate surface area is 136 Å². The molecule has 0 bridgehead atoms. The normalized spacial score (nSPS) is 10.4. The molecular formula is C17H23FN4O. The van der Waals surface area contributed by atoms with E-state index in [0.717, 1.165) is 24.2 Å². The Morgan fingerprint density at radius 3 is 2.78 bits per heavy atom. The summed E-state index contributed by atoms with van der Waals surface area (Å²) in [6.45, 7) is 3.43. The van der Waals surface area contributed by atoms with Crippen LogP contribution in [-0.2, 0) is 6.42 Å². The number of anilines is 2. The quantitative estimate of drug-likeness (QED) is 0.810. The minimum Gasteiger partial charge on any atom is -0.493 e. The highest BCUT2D eigenvalue weighted by molar-refractivity contribution is 5.42. The van der Waals surface area contributed by atoms with Gasteiger partial charge >= 0.3 is 0 Å². The van der Waals surface area contributed by atoms with Crippen LogP contribution in [0.3, 0.4) is 0 Å². The van der Waals surface area contributed by atoms with Crippen molar-refractivity contribution >= 4 is 11.8 Å².